The highest BCUT2D eigenvalue weighted by molar-refractivity contribution is 5.81. The Kier molecular flexibility index (Phi) is 5.91. The van der Waals surface area contributed by atoms with Crippen LogP contribution in [0.2, 0.25) is 0 Å². The van der Waals surface area contributed by atoms with Crippen LogP contribution in [0.4, 0.5) is 0 Å². The molecule has 2 heterocycles. The molecular weight excluding hydrogens is 320 g/mol. The van der Waals surface area contributed by atoms with Crippen LogP contribution in [0.15, 0.2) is 24.3 Å². The van der Waals surface area contributed by atoms with Crippen molar-refractivity contribution in [3.63, 3.8) is 0 Å². The quantitative estimate of drug-likeness (QED) is 0.878. The van der Waals surface area contributed by atoms with Gasteiger partial charge in [0.1, 0.15) is 11.9 Å². The molecule has 1 N–H and O–H groups in total. The largest absolute Gasteiger partial charge is 0.497 e. The fourth-order valence-corrected chi connectivity index (χ4v) is 3.47. The van der Waals surface area contributed by atoms with Gasteiger partial charge in [0.25, 0.3) is 5.91 Å². The third-order valence-electron chi connectivity index (χ3n) is 4.88. The molecule has 2 fully saturated rings. The van der Waals surface area contributed by atoms with Gasteiger partial charge in [0.2, 0.25) is 5.91 Å². The normalized spacial score (nSPS) is 21.2. The minimum atomic E-state index is -0.251. The van der Waals surface area contributed by atoms with E-state index in [0.717, 1.165) is 37.0 Å². The minimum absolute atomic E-state index is 0.0113. The number of carbonyl (C=O) groups excluding carboxylic acids is 2. The summed E-state index contributed by atoms with van der Waals surface area (Å²) in [7, 11) is 1.62. The molecule has 6 heteroatoms. The van der Waals surface area contributed by atoms with E-state index in [1.807, 2.05) is 29.2 Å². The average Bonchev–Trinajstić information content (AvgIpc) is 3.16. The second kappa shape index (κ2) is 8.34. The summed E-state index contributed by atoms with van der Waals surface area (Å²) in [5.74, 6) is 0.877. The molecule has 2 aliphatic heterocycles. The van der Waals surface area contributed by atoms with Gasteiger partial charge in [0.05, 0.1) is 13.5 Å². The maximum atomic E-state index is 12.3. The van der Waals surface area contributed by atoms with E-state index in [9.17, 15) is 9.59 Å². The van der Waals surface area contributed by atoms with Gasteiger partial charge in [0, 0.05) is 25.7 Å². The standard InChI is InChI=1S/C19H26N2O4/c1-24-16-5-2-4-14(12-16)13-18(22)20-15-7-9-21(10-8-15)19(23)17-6-3-11-25-17/h2,4-5,12,15,17H,3,6-11,13H2,1H3,(H,20,22). The van der Waals surface area contributed by atoms with Crippen LogP contribution in [0.3, 0.4) is 0 Å². The summed E-state index contributed by atoms with van der Waals surface area (Å²) in [6.45, 7) is 2.05. The van der Waals surface area contributed by atoms with Crippen LogP contribution in [-0.2, 0) is 20.7 Å². The van der Waals surface area contributed by atoms with E-state index in [1.165, 1.54) is 0 Å². The predicted molar refractivity (Wildman–Crippen MR) is 93.4 cm³/mol. The topological polar surface area (TPSA) is 67.9 Å². The van der Waals surface area contributed by atoms with Crippen molar-refractivity contribution in [2.75, 3.05) is 26.8 Å². The van der Waals surface area contributed by atoms with Crippen molar-refractivity contribution in [1.82, 2.24) is 10.2 Å². The Morgan fingerprint density at radius 3 is 2.76 bits per heavy atom. The number of methoxy groups -OCH3 is 1. The van der Waals surface area contributed by atoms with Gasteiger partial charge in [-0.1, -0.05) is 12.1 Å². The van der Waals surface area contributed by atoms with Crippen molar-refractivity contribution in [2.45, 2.75) is 44.2 Å². The van der Waals surface area contributed by atoms with E-state index < -0.39 is 0 Å². The molecule has 6 nitrogen and oxygen atoms in total. The van der Waals surface area contributed by atoms with E-state index in [4.69, 9.17) is 9.47 Å². The lowest BCUT2D eigenvalue weighted by atomic mass is 10.0. The average molecular weight is 346 g/mol. The summed E-state index contributed by atoms with van der Waals surface area (Å²) >= 11 is 0. The molecule has 1 aromatic rings. The molecule has 0 saturated carbocycles. The molecule has 1 aromatic carbocycles. The van der Waals surface area contributed by atoms with E-state index in [1.54, 1.807) is 7.11 Å². The SMILES string of the molecule is COc1cccc(CC(=O)NC2CCN(C(=O)C3CCCO3)CC2)c1. The summed E-state index contributed by atoms with van der Waals surface area (Å²) < 4.78 is 10.7. The Morgan fingerprint density at radius 1 is 1.28 bits per heavy atom. The van der Waals surface area contributed by atoms with E-state index in [2.05, 4.69) is 5.32 Å². The maximum Gasteiger partial charge on any atom is 0.251 e. The highest BCUT2D eigenvalue weighted by atomic mass is 16.5. The first kappa shape index (κ1) is 17.7. The highest BCUT2D eigenvalue weighted by Crippen LogP contribution is 2.18. The van der Waals surface area contributed by atoms with Crippen LogP contribution in [0.1, 0.15) is 31.2 Å². The Bertz CT molecular complexity index is 605. The number of hydrogen-bond acceptors (Lipinski definition) is 4. The summed E-state index contributed by atoms with van der Waals surface area (Å²) in [5.41, 5.74) is 0.933. The molecule has 2 saturated heterocycles. The van der Waals surface area contributed by atoms with Gasteiger partial charge in [0.15, 0.2) is 0 Å². The molecule has 1 unspecified atom stereocenters. The van der Waals surface area contributed by atoms with Gasteiger partial charge in [-0.15, -0.1) is 0 Å². The minimum Gasteiger partial charge on any atom is -0.497 e. The number of amides is 2. The van der Waals surface area contributed by atoms with Gasteiger partial charge < -0.3 is 19.7 Å². The third-order valence-corrected chi connectivity index (χ3v) is 4.88. The first-order chi connectivity index (χ1) is 12.2. The van der Waals surface area contributed by atoms with E-state index in [0.29, 0.717) is 26.1 Å². The zero-order valence-corrected chi connectivity index (χ0v) is 14.7. The summed E-state index contributed by atoms with van der Waals surface area (Å²) in [6, 6.07) is 7.68. The molecule has 3 rings (SSSR count). The summed E-state index contributed by atoms with van der Waals surface area (Å²) in [6.07, 6.45) is 3.47. The molecule has 0 bridgehead atoms. The molecule has 0 radical (unpaired) electrons. The first-order valence-corrected chi connectivity index (χ1v) is 8.98. The lowest BCUT2D eigenvalue weighted by Crippen LogP contribution is -2.49. The zero-order chi connectivity index (χ0) is 17.6. The number of carbonyl (C=O) groups is 2. The Labute approximate surface area is 148 Å². The predicted octanol–water partition coefficient (Wildman–Crippen LogP) is 1.52. The van der Waals surface area contributed by atoms with Crippen LogP contribution >= 0.6 is 0 Å². The molecule has 2 amide bonds. The van der Waals surface area contributed by atoms with Crippen LogP contribution in [-0.4, -0.2) is 55.7 Å². The van der Waals surface area contributed by atoms with Crippen LogP contribution in [0.5, 0.6) is 5.75 Å². The van der Waals surface area contributed by atoms with Gasteiger partial charge >= 0.3 is 0 Å². The molecule has 1 atom stereocenters. The number of hydrogen-bond donors (Lipinski definition) is 1. The summed E-state index contributed by atoms with van der Waals surface area (Å²) in [5, 5.41) is 3.08. The Balaban J connectivity index is 1.43. The van der Waals surface area contributed by atoms with Crippen molar-refractivity contribution >= 4 is 11.8 Å². The van der Waals surface area contributed by atoms with Gasteiger partial charge in [-0.05, 0) is 43.4 Å². The Morgan fingerprint density at radius 2 is 2.08 bits per heavy atom. The van der Waals surface area contributed by atoms with Gasteiger partial charge in [-0.2, -0.15) is 0 Å². The molecule has 2 aliphatic rings. The van der Waals surface area contributed by atoms with Crippen LogP contribution in [0, 0.1) is 0 Å². The van der Waals surface area contributed by atoms with Crippen LogP contribution in [0.25, 0.3) is 0 Å². The second-order valence-corrected chi connectivity index (χ2v) is 6.70. The fourth-order valence-electron chi connectivity index (χ4n) is 3.47. The molecule has 136 valence electrons. The number of nitrogens with one attached hydrogen (secondary N) is 1. The Hall–Kier alpha value is -2.08. The smallest absolute Gasteiger partial charge is 0.251 e. The van der Waals surface area contributed by atoms with Crippen molar-refractivity contribution in [3.05, 3.63) is 29.8 Å². The number of likely N-dealkylation sites (tertiary alicyclic amines) is 1. The molecule has 0 aromatic heterocycles. The van der Waals surface area contributed by atoms with Crippen molar-refractivity contribution < 1.29 is 19.1 Å². The first-order valence-electron chi connectivity index (χ1n) is 8.98. The van der Waals surface area contributed by atoms with Crippen molar-refractivity contribution in [2.24, 2.45) is 0 Å². The monoisotopic (exact) mass is 346 g/mol. The lowest BCUT2D eigenvalue weighted by molar-refractivity contribution is -0.142. The lowest BCUT2D eigenvalue weighted by Gasteiger charge is -2.33. The van der Waals surface area contributed by atoms with Crippen molar-refractivity contribution in [1.29, 1.82) is 0 Å². The van der Waals surface area contributed by atoms with Crippen molar-refractivity contribution in [3.8, 4) is 5.75 Å². The number of piperidine rings is 1. The van der Waals surface area contributed by atoms with E-state index in [-0.39, 0.29) is 24.0 Å². The molecule has 0 aliphatic carbocycles. The molecule has 25 heavy (non-hydrogen) atoms. The third kappa shape index (κ3) is 4.72. The molecular formula is C19H26N2O4. The van der Waals surface area contributed by atoms with E-state index >= 15 is 0 Å². The summed E-state index contributed by atoms with van der Waals surface area (Å²) in [4.78, 5) is 26.5. The van der Waals surface area contributed by atoms with Crippen LogP contribution < -0.4 is 10.1 Å². The number of rotatable bonds is 5. The second-order valence-electron chi connectivity index (χ2n) is 6.70. The number of ether oxygens (including phenoxy) is 2. The van der Waals surface area contributed by atoms with Gasteiger partial charge in [-0.25, -0.2) is 0 Å². The maximum absolute atomic E-state index is 12.3. The van der Waals surface area contributed by atoms with Gasteiger partial charge in [-0.3, -0.25) is 9.59 Å². The number of nitrogens with zero attached hydrogens (tertiary/aromatic N) is 1. The highest BCUT2D eigenvalue weighted by Gasteiger charge is 2.31. The fraction of sp³-hybridized carbons (Fsp3) is 0.579. The number of benzene rings is 1. The molecule has 0 spiro atoms. The zero-order valence-electron chi connectivity index (χ0n) is 14.7.